The van der Waals surface area contributed by atoms with Crippen molar-refractivity contribution in [2.24, 2.45) is 0 Å². The molecular weight excluding hydrogens is 400 g/mol. The molecule has 0 saturated carbocycles. The Morgan fingerprint density at radius 2 is 1.77 bits per heavy atom. The number of esters is 1. The van der Waals surface area contributed by atoms with Gasteiger partial charge in [0, 0.05) is 6.54 Å². The van der Waals surface area contributed by atoms with E-state index in [0.717, 1.165) is 11.1 Å². The molecule has 2 aromatic rings. The molecule has 0 atom stereocenters. The van der Waals surface area contributed by atoms with Crippen LogP contribution in [-0.4, -0.2) is 40.9 Å². The Morgan fingerprint density at radius 3 is 2.33 bits per heavy atom. The molecule has 1 heterocycles. The number of nitrogens with one attached hydrogen (secondary N) is 1. The van der Waals surface area contributed by atoms with Gasteiger partial charge in [-0.15, -0.1) is 11.3 Å². The van der Waals surface area contributed by atoms with Crippen LogP contribution in [0.25, 0.3) is 0 Å². The lowest BCUT2D eigenvalue weighted by Crippen LogP contribution is -2.55. The van der Waals surface area contributed by atoms with Gasteiger partial charge in [-0.1, -0.05) is 30.3 Å². The number of anilines is 1. The van der Waals surface area contributed by atoms with Crippen LogP contribution in [0.15, 0.2) is 35.7 Å². The van der Waals surface area contributed by atoms with Gasteiger partial charge >= 0.3 is 5.97 Å². The van der Waals surface area contributed by atoms with E-state index in [2.05, 4.69) is 5.32 Å². The van der Waals surface area contributed by atoms with E-state index in [1.54, 1.807) is 39.5 Å². The lowest BCUT2D eigenvalue weighted by Gasteiger charge is -2.38. The summed E-state index contributed by atoms with van der Waals surface area (Å²) >= 11 is 1.28. The Balaban J connectivity index is 2.42. The third-order valence-electron chi connectivity index (χ3n) is 4.66. The van der Waals surface area contributed by atoms with Crippen LogP contribution >= 0.6 is 11.3 Å². The molecule has 30 heavy (non-hydrogen) atoms. The molecule has 0 bridgehead atoms. The molecule has 0 radical (unpaired) electrons. The molecule has 0 fully saturated rings. The molecule has 1 N–H and O–H groups in total. The van der Waals surface area contributed by atoms with E-state index in [4.69, 9.17) is 4.74 Å². The van der Waals surface area contributed by atoms with Crippen molar-refractivity contribution >= 4 is 34.6 Å². The molecule has 6 nitrogen and oxygen atoms in total. The predicted octanol–water partition coefficient (Wildman–Crippen LogP) is 4.43. The van der Waals surface area contributed by atoms with Crippen LogP contribution < -0.4 is 5.32 Å². The maximum atomic E-state index is 13.6. The van der Waals surface area contributed by atoms with Crippen molar-refractivity contribution in [1.29, 1.82) is 0 Å². The maximum Gasteiger partial charge on any atom is 0.332 e. The molecule has 0 aliphatic carbocycles. The molecule has 7 heteroatoms. The van der Waals surface area contributed by atoms with Crippen molar-refractivity contribution in [3.05, 3.63) is 52.4 Å². The zero-order valence-electron chi connectivity index (χ0n) is 18.4. The second kappa shape index (κ2) is 9.43. The average Bonchev–Trinajstić information content (AvgIpc) is 3.01. The van der Waals surface area contributed by atoms with E-state index >= 15 is 0 Å². The molecule has 1 aromatic heterocycles. The van der Waals surface area contributed by atoms with Gasteiger partial charge in [-0.05, 0) is 64.5 Å². The summed E-state index contributed by atoms with van der Waals surface area (Å²) in [6, 6.07) is 9.78. The van der Waals surface area contributed by atoms with Gasteiger partial charge in [0.1, 0.15) is 16.1 Å². The fourth-order valence-electron chi connectivity index (χ4n) is 3.04. The summed E-state index contributed by atoms with van der Waals surface area (Å²) in [6.45, 7) is 10.9. The Morgan fingerprint density at radius 1 is 1.13 bits per heavy atom. The lowest BCUT2D eigenvalue weighted by atomic mass is 9.98. The first kappa shape index (κ1) is 23.6. The Kier molecular flexibility index (Phi) is 7.42. The molecule has 0 saturated heterocycles. The zero-order chi connectivity index (χ0) is 22.5. The van der Waals surface area contributed by atoms with Gasteiger partial charge in [-0.2, -0.15) is 0 Å². The number of thiophene rings is 1. The number of hydrogen-bond donors (Lipinski definition) is 1. The van der Waals surface area contributed by atoms with Gasteiger partial charge < -0.3 is 15.0 Å². The van der Waals surface area contributed by atoms with E-state index < -0.39 is 17.1 Å². The normalized spacial score (nSPS) is 11.7. The van der Waals surface area contributed by atoms with Crippen molar-refractivity contribution in [1.82, 2.24) is 4.90 Å². The number of carbonyl (C=O) groups excluding carboxylic acids is 3. The Labute approximate surface area is 182 Å². The van der Waals surface area contributed by atoms with Gasteiger partial charge in [0.25, 0.3) is 5.91 Å². The van der Waals surface area contributed by atoms with E-state index in [1.807, 2.05) is 42.6 Å². The molecule has 1 aromatic carbocycles. The summed E-state index contributed by atoms with van der Waals surface area (Å²) in [4.78, 5) is 39.2. The molecule has 2 amide bonds. The Hall–Kier alpha value is -2.67. The summed E-state index contributed by atoms with van der Waals surface area (Å²) in [7, 11) is 0. The second-order valence-electron chi connectivity index (χ2n) is 8.64. The minimum absolute atomic E-state index is 0.315. The fourth-order valence-corrected chi connectivity index (χ4v) is 3.93. The molecular formula is C23H30N2O4S. The number of rotatable bonds is 8. The molecule has 2 rings (SSSR count). The smallest absolute Gasteiger partial charge is 0.332 e. The highest BCUT2D eigenvalue weighted by atomic mass is 32.1. The Bertz CT molecular complexity index is 898. The number of amides is 2. The first-order valence-electron chi connectivity index (χ1n) is 9.85. The number of carbonyl (C=O) groups is 3. The molecule has 162 valence electrons. The minimum atomic E-state index is -1.20. The average molecular weight is 431 g/mol. The number of hydrogen-bond acceptors (Lipinski definition) is 5. The summed E-state index contributed by atoms with van der Waals surface area (Å²) in [6.07, 6.45) is 1.13. The van der Waals surface area contributed by atoms with Gasteiger partial charge in [-0.3, -0.25) is 9.59 Å². The minimum Gasteiger partial charge on any atom is -0.458 e. The molecule has 0 aliphatic rings. The summed E-state index contributed by atoms with van der Waals surface area (Å²) in [5, 5.41) is 4.88. The lowest BCUT2D eigenvalue weighted by molar-refractivity contribution is -0.166. The second-order valence-corrected chi connectivity index (χ2v) is 9.52. The van der Waals surface area contributed by atoms with Gasteiger partial charge in [0.05, 0.1) is 5.56 Å². The summed E-state index contributed by atoms with van der Waals surface area (Å²) in [5.74, 6) is -0.793. The SMILES string of the molecule is Cc1csc(NC=O)c1C(=O)N(CCc1ccccc1)C(C)(C)C(=O)OC(C)(C)C. The van der Waals surface area contributed by atoms with E-state index in [1.165, 1.54) is 11.3 Å². The summed E-state index contributed by atoms with van der Waals surface area (Å²) < 4.78 is 5.61. The zero-order valence-corrected chi connectivity index (χ0v) is 19.3. The van der Waals surface area contributed by atoms with E-state index in [9.17, 15) is 14.4 Å². The maximum absolute atomic E-state index is 13.6. The van der Waals surface area contributed by atoms with Crippen molar-refractivity contribution in [3.63, 3.8) is 0 Å². The van der Waals surface area contributed by atoms with Crippen LogP contribution in [0.3, 0.4) is 0 Å². The van der Waals surface area contributed by atoms with Gasteiger partial charge in [0.2, 0.25) is 6.41 Å². The van der Waals surface area contributed by atoms with Crippen molar-refractivity contribution in [3.8, 4) is 0 Å². The monoisotopic (exact) mass is 430 g/mol. The van der Waals surface area contributed by atoms with Gasteiger partial charge in [-0.25, -0.2) is 4.79 Å². The van der Waals surface area contributed by atoms with E-state index in [-0.39, 0.29) is 5.91 Å². The first-order valence-corrected chi connectivity index (χ1v) is 10.7. The van der Waals surface area contributed by atoms with E-state index in [0.29, 0.717) is 29.9 Å². The predicted molar refractivity (Wildman–Crippen MR) is 120 cm³/mol. The third-order valence-corrected chi connectivity index (χ3v) is 5.69. The number of benzene rings is 1. The standard InChI is InChI=1S/C23H30N2O4S/c1-16-14-30-19(24-15-26)18(16)20(27)25(13-12-17-10-8-7-9-11-17)23(5,6)21(28)29-22(2,3)4/h7-11,14-15H,12-13H2,1-6H3,(H,24,26). The highest BCUT2D eigenvalue weighted by molar-refractivity contribution is 7.15. The van der Waals surface area contributed by atoms with Crippen LogP contribution in [0.5, 0.6) is 0 Å². The van der Waals surface area contributed by atoms with Crippen LogP contribution in [0, 0.1) is 6.92 Å². The van der Waals surface area contributed by atoms with Crippen molar-refractivity contribution < 1.29 is 19.1 Å². The van der Waals surface area contributed by atoms with Crippen LogP contribution in [-0.2, 0) is 20.7 Å². The topological polar surface area (TPSA) is 75.7 Å². The summed E-state index contributed by atoms with van der Waals surface area (Å²) in [5.41, 5.74) is 0.330. The molecule has 0 aliphatic heterocycles. The third kappa shape index (κ3) is 5.69. The highest BCUT2D eigenvalue weighted by Gasteiger charge is 2.42. The van der Waals surface area contributed by atoms with Crippen LogP contribution in [0.1, 0.15) is 56.1 Å². The van der Waals surface area contributed by atoms with Crippen LogP contribution in [0.2, 0.25) is 0 Å². The quantitative estimate of drug-likeness (QED) is 0.497. The highest BCUT2D eigenvalue weighted by Crippen LogP contribution is 2.31. The largest absolute Gasteiger partial charge is 0.458 e. The number of ether oxygens (including phenoxy) is 1. The number of nitrogens with zero attached hydrogens (tertiary/aromatic N) is 1. The van der Waals surface area contributed by atoms with Crippen molar-refractivity contribution in [2.45, 2.75) is 59.1 Å². The first-order chi connectivity index (χ1) is 14.0. The molecule has 0 unspecified atom stereocenters. The fraction of sp³-hybridized carbons (Fsp3) is 0.435. The van der Waals surface area contributed by atoms with Gasteiger partial charge in [0.15, 0.2) is 0 Å². The van der Waals surface area contributed by atoms with Crippen LogP contribution in [0.4, 0.5) is 5.00 Å². The molecule has 0 spiro atoms. The van der Waals surface area contributed by atoms with Crippen molar-refractivity contribution in [2.75, 3.05) is 11.9 Å². The number of aryl methyl sites for hydroxylation is 1.